The van der Waals surface area contributed by atoms with Crippen LogP contribution >= 0.6 is 23.2 Å². The largest absolute Gasteiger partial charge is 0.473 e. The number of hydrogen-bond donors (Lipinski definition) is 2. The topological polar surface area (TPSA) is 98.2 Å². The predicted octanol–water partition coefficient (Wildman–Crippen LogP) is 3.66. The number of hydrogen-bond acceptors (Lipinski definition) is 4. The fourth-order valence-corrected chi connectivity index (χ4v) is 3.74. The Labute approximate surface area is 187 Å². The van der Waals surface area contributed by atoms with Crippen molar-refractivity contribution >= 4 is 41.0 Å². The minimum absolute atomic E-state index is 0.161. The fraction of sp³-hybridized carbons (Fsp3) is 0.571. The number of halogens is 2. The summed E-state index contributed by atoms with van der Waals surface area (Å²) < 4.78 is 0. The second-order valence-electron chi connectivity index (χ2n) is 7.53. The van der Waals surface area contributed by atoms with Crippen LogP contribution in [0.15, 0.2) is 18.2 Å². The van der Waals surface area contributed by atoms with E-state index in [2.05, 4.69) is 25.7 Å². The van der Waals surface area contributed by atoms with Crippen molar-refractivity contribution < 1.29 is 24.6 Å². The van der Waals surface area contributed by atoms with Crippen LogP contribution in [-0.2, 0) is 20.8 Å². The van der Waals surface area contributed by atoms with Gasteiger partial charge in [-0.3, -0.25) is 4.79 Å². The molecule has 0 spiro atoms. The molecule has 0 unspecified atom stereocenters. The summed E-state index contributed by atoms with van der Waals surface area (Å²) >= 11 is 12.0. The number of aliphatic carboxylic acids is 2. The van der Waals surface area contributed by atoms with E-state index in [1.54, 1.807) is 12.1 Å². The van der Waals surface area contributed by atoms with Crippen LogP contribution in [0.25, 0.3) is 0 Å². The quantitative estimate of drug-likeness (QED) is 0.602. The number of benzene rings is 1. The Kier molecular flexibility index (Phi) is 11.2. The Morgan fingerprint density at radius 1 is 1.07 bits per heavy atom. The molecule has 0 bridgehead atoms. The van der Waals surface area contributed by atoms with Crippen LogP contribution in [0.3, 0.4) is 0 Å². The van der Waals surface area contributed by atoms with Crippen LogP contribution in [0.2, 0.25) is 10.0 Å². The minimum Gasteiger partial charge on any atom is -0.473 e. The molecule has 168 valence electrons. The molecule has 0 aromatic heterocycles. The van der Waals surface area contributed by atoms with Crippen LogP contribution in [0.4, 0.5) is 0 Å². The molecule has 2 N–H and O–H groups in total. The summed E-state index contributed by atoms with van der Waals surface area (Å²) in [6.45, 7) is 10.5. The maximum absolute atomic E-state index is 12.9. The molecule has 2 rings (SSSR count). The van der Waals surface area contributed by atoms with Gasteiger partial charge in [-0.2, -0.15) is 0 Å². The summed E-state index contributed by atoms with van der Waals surface area (Å²) in [6.07, 6.45) is 2.91. The second-order valence-corrected chi connectivity index (χ2v) is 8.35. The maximum Gasteiger partial charge on any atom is 0.414 e. The van der Waals surface area contributed by atoms with Gasteiger partial charge in [-0.15, -0.1) is 0 Å². The molecule has 9 heteroatoms. The van der Waals surface area contributed by atoms with Gasteiger partial charge in [-0.05, 0) is 56.5 Å². The Bertz CT molecular complexity index is 724. The van der Waals surface area contributed by atoms with Crippen molar-refractivity contribution in [1.29, 1.82) is 0 Å². The third-order valence-electron chi connectivity index (χ3n) is 5.00. The van der Waals surface area contributed by atoms with Crippen molar-refractivity contribution in [3.05, 3.63) is 33.8 Å². The van der Waals surface area contributed by atoms with Gasteiger partial charge in [0.25, 0.3) is 0 Å². The van der Waals surface area contributed by atoms with Gasteiger partial charge in [-0.25, -0.2) is 9.59 Å². The first-order valence-corrected chi connectivity index (χ1v) is 10.7. The predicted molar refractivity (Wildman–Crippen MR) is 117 cm³/mol. The van der Waals surface area contributed by atoms with Crippen LogP contribution in [0.1, 0.15) is 39.2 Å². The summed E-state index contributed by atoms with van der Waals surface area (Å²) in [6, 6.07) is 5.68. The minimum atomic E-state index is -1.82. The third kappa shape index (κ3) is 8.50. The lowest BCUT2D eigenvalue weighted by atomic mass is 10.0. The average Bonchev–Trinajstić information content (AvgIpc) is 3.18. The molecule has 1 aliphatic rings. The molecule has 1 amide bonds. The highest BCUT2D eigenvalue weighted by atomic mass is 35.5. The van der Waals surface area contributed by atoms with Gasteiger partial charge in [0.1, 0.15) is 0 Å². The van der Waals surface area contributed by atoms with Crippen molar-refractivity contribution in [3.63, 3.8) is 0 Å². The number of carbonyl (C=O) groups excluding carboxylic acids is 1. The van der Waals surface area contributed by atoms with Gasteiger partial charge in [0.05, 0.1) is 16.5 Å². The van der Waals surface area contributed by atoms with Gasteiger partial charge in [0, 0.05) is 19.1 Å². The highest BCUT2D eigenvalue weighted by Gasteiger charge is 2.28. The van der Waals surface area contributed by atoms with E-state index in [1.165, 1.54) is 12.8 Å². The molecule has 1 fully saturated rings. The summed E-state index contributed by atoms with van der Waals surface area (Å²) in [5.41, 5.74) is 0.913. The van der Waals surface area contributed by atoms with Crippen LogP contribution < -0.4 is 0 Å². The molecule has 1 aromatic carbocycles. The van der Waals surface area contributed by atoms with E-state index in [-0.39, 0.29) is 11.9 Å². The van der Waals surface area contributed by atoms with Crippen LogP contribution in [-0.4, -0.2) is 70.1 Å². The summed E-state index contributed by atoms with van der Waals surface area (Å²) in [5, 5.41) is 15.8. The SMILES string of the molecule is CCN(C(=O)Cc1ccc(Cl)c(Cl)c1)[C@H](CN1CCCC1)C(C)C.O=C(O)C(=O)O. The first kappa shape index (κ1) is 26.2. The van der Waals surface area contributed by atoms with E-state index in [4.69, 9.17) is 43.0 Å². The highest BCUT2D eigenvalue weighted by molar-refractivity contribution is 6.42. The lowest BCUT2D eigenvalue weighted by Gasteiger charge is -2.36. The van der Waals surface area contributed by atoms with Gasteiger partial charge in [0.15, 0.2) is 0 Å². The third-order valence-corrected chi connectivity index (χ3v) is 5.74. The monoisotopic (exact) mass is 460 g/mol. The number of carbonyl (C=O) groups is 3. The number of rotatable bonds is 7. The molecule has 0 saturated carbocycles. The van der Waals surface area contributed by atoms with E-state index < -0.39 is 11.9 Å². The smallest absolute Gasteiger partial charge is 0.414 e. The molecule has 1 atom stereocenters. The van der Waals surface area contributed by atoms with E-state index in [0.717, 1.165) is 31.7 Å². The van der Waals surface area contributed by atoms with Crippen molar-refractivity contribution in [2.75, 3.05) is 26.2 Å². The summed E-state index contributed by atoms with van der Waals surface area (Å²) in [4.78, 5) is 35.6. The molecule has 0 aliphatic carbocycles. The number of amides is 1. The number of carboxylic acids is 2. The molecule has 1 aromatic rings. The normalized spacial score (nSPS) is 14.7. The average molecular weight is 461 g/mol. The lowest BCUT2D eigenvalue weighted by molar-refractivity contribution is -0.159. The molecular formula is C21H30Cl2N2O5. The van der Waals surface area contributed by atoms with Crippen molar-refractivity contribution in [2.24, 2.45) is 5.92 Å². The zero-order chi connectivity index (χ0) is 22.8. The van der Waals surface area contributed by atoms with Crippen LogP contribution in [0.5, 0.6) is 0 Å². The van der Waals surface area contributed by atoms with Crippen molar-refractivity contribution in [1.82, 2.24) is 9.80 Å². The Morgan fingerprint density at radius 3 is 2.07 bits per heavy atom. The van der Waals surface area contributed by atoms with Crippen molar-refractivity contribution in [3.8, 4) is 0 Å². The lowest BCUT2D eigenvalue weighted by Crippen LogP contribution is -2.49. The number of likely N-dealkylation sites (tertiary alicyclic amines) is 1. The first-order chi connectivity index (χ1) is 14.1. The Hall–Kier alpha value is -1.83. The van der Waals surface area contributed by atoms with E-state index in [9.17, 15) is 4.79 Å². The van der Waals surface area contributed by atoms with E-state index in [1.807, 2.05) is 11.0 Å². The number of likely N-dealkylation sites (N-methyl/N-ethyl adjacent to an activating group) is 1. The molecular weight excluding hydrogens is 431 g/mol. The molecule has 30 heavy (non-hydrogen) atoms. The van der Waals surface area contributed by atoms with Crippen molar-refractivity contribution in [2.45, 2.75) is 46.1 Å². The van der Waals surface area contributed by atoms with Gasteiger partial charge >= 0.3 is 11.9 Å². The zero-order valence-electron chi connectivity index (χ0n) is 17.6. The Balaban J connectivity index is 0.000000656. The van der Waals surface area contributed by atoms with Crippen LogP contribution in [0, 0.1) is 5.92 Å². The molecule has 0 radical (unpaired) electrons. The van der Waals surface area contributed by atoms with Gasteiger partial charge in [0.2, 0.25) is 5.91 Å². The van der Waals surface area contributed by atoms with E-state index >= 15 is 0 Å². The maximum atomic E-state index is 12.9. The molecule has 1 aliphatic heterocycles. The molecule has 1 saturated heterocycles. The molecule has 7 nitrogen and oxygen atoms in total. The summed E-state index contributed by atoms with van der Waals surface area (Å²) in [7, 11) is 0. The molecule has 1 heterocycles. The van der Waals surface area contributed by atoms with E-state index in [0.29, 0.717) is 22.4 Å². The van der Waals surface area contributed by atoms with Gasteiger partial charge < -0.3 is 20.0 Å². The zero-order valence-corrected chi connectivity index (χ0v) is 19.1. The Morgan fingerprint density at radius 2 is 1.63 bits per heavy atom. The standard InChI is InChI=1S/C19H28Cl2N2O.C2H2O4/c1-4-23(18(14(2)3)13-22-9-5-6-10-22)19(24)12-15-7-8-16(20)17(21)11-15;3-1(4)2(5)6/h7-8,11,14,18H,4-6,9-10,12-13H2,1-3H3;(H,3,4)(H,5,6)/t18-;/m1./s1. The second kappa shape index (κ2) is 12.8. The fourth-order valence-electron chi connectivity index (χ4n) is 3.42. The summed E-state index contributed by atoms with van der Waals surface area (Å²) in [5.74, 6) is -3.05. The highest BCUT2D eigenvalue weighted by Crippen LogP contribution is 2.24. The number of carboxylic acid groups (broad SMARTS) is 2. The van der Waals surface area contributed by atoms with Gasteiger partial charge in [-0.1, -0.05) is 43.1 Å². The first-order valence-electron chi connectivity index (χ1n) is 9.98. The number of nitrogens with zero attached hydrogens (tertiary/aromatic N) is 2.